The summed E-state index contributed by atoms with van der Waals surface area (Å²) in [7, 11) is 0. The van der Waals surface area contributed by atoms with Crippen LogP contribution in [0.25, 0.3) is 0 Å². The van der Waals surface area contributed by atoms with Gasteiger partial charge in [-0.3, -0.25) is 0 Å². The number of hydrogen-bond acceptors (Lipinski definition) is 13. The van der Waals surface area contributed by atoms with E-state index in [1.807, 2.05) is 0 Å². The van der Waals surface area contributed by atoms with Gasteiger partial charge in [0.25, 0.3) is 0 Å². The lowest BCUT2D eigenvalue weighted by Crippen LogP contribution is -2.69. The zero-order valence-electron chi connectivity index (χ0n) is 33.8. The Morgan fingerprint density at radius 3 is 1.95 bits per heavy atom. The van der Waals surface area contributed by atoms with Crippen LogP contribution in [0.2, 0.25) is 0 Å². The molecular weight excluding hydrogens is 712 g/mol. The van der Waals surface area contributed by atoms with E-state index < -0.39 is 98.4 Å². The molecule has 0 aromatic heterocycles. The lowest BCUT2D eigenvalue weighted by molar-refractivity contribution is -0.383. The van der Waals surface area contributed by atoms with Crippen molar-refractivity contribution in [1.82, 2.24) is 0 Å². The van der Waals surface area contributed by atoms with Gasteiger partial charge in [-0.05, 0) is 111 Å². The van der Waals surface area contributed by atoms with Crippen LogP contribution in [0.5, 0.6) is 0 Å². The van der Waals surface area contributed by atoms with Crippen LogP contribution >= 0.6 is 0 Å². The predicted octanol–water partition coefficient (Wildman–Crippen LogP) is 1.93. The molecule has 0 aromatic rings. The minimum Gasteiger partial charge on any atom is -0.394 e. The second-order valence-electron chi connectivity index (χ2n) is 19.6. The topological polar surface area (TPSA) is 219 Å². The summed E-state index contributed by atoms with van der Waals surface area (Å²) in [5.41, 5.74) is 1.28. The molecule has 0 aromatic carbocycles. The second kappa shape index (κ2) is 15.9. The number of ether oxygens (including phenoxy) is 4. The van der Waals surface area contributed by atoms with Crippen LogP contribution in [-0.2, 0) is 18.9 Å². The molecule has 0 amide bonds. The maximum absolute atomic E-state index is 12.2. The number of rotatable bonds is 10. The van der Waals surface area contributed by atoms with Gasteiger partial charge in [-0.15, -0.1) is 0 Å². The van der Waals surface area contributed by atoms with E-state index in [2.05, 4.69) is 61.1 Å². The van der Waals surface area contributed by atoms with Crippen LogP contribution in [0.4, 0.5) is 0 Å². The molecule has 20 unspecified atom stereocenters. The SMILES string of the molecule is C=C(CCC=C(C)C)C1CCC2(C)C1C(O)CC1C3(C)CC(O)C(OC4OC(CO)C(O)C(O)C4OC4OC(CO)C(O)C(O)C4O)C(C)(C)C3CCC12C. The number of fused-ring (bicyclic) bond motifs is 5. The average Bonchev–Trinajstić information content (AvgIpc) is 3.49. The van der Waals surface area contributed by atoms with E-state index >= 15 is 0 Å². The highest BCUT2D eigenvalue weighted by Crippen LogP contribution is 2.75. The van der Waals surface area contributed by atoms with Gasteiger partial charge in [0.2, 0.25) is 0 Å². The zero-order valence-corrected chi connectivity index (χ0v) is 33.8. The summed E-state index contributed by atoms with van der Waals surface area (Å²) in [6.45, 7) is 18.6. The number of aliphatic hydroxyl groups is 9. The van der Waals surface area contributed by atoms with Crippen LogP contribution in [0, 0.1) is 45.3 Å². The van der Waals surface area contributed by atoms with Gasteiger partial charge >= 0.3 is 0 Å². The lowest BCUT2D eigenvalue weighted by Gasteiger charge is -2.71. The first-order valence-electron chi connectivity index (χ1n) is 20.6. The van der Waals surface area contributed by atoms with E-state index in [1.165, 1.54) is 11.1 Å². The molecule has 0 radical (unpaired) electrons. The van der Waals surface area contributed by atoms with Crippen molar-refractivity contribution >= 4 is 0 Å². The Labute approximate surface area is 326 Å². The highest BCUT2D eigenvalue weighted by atomic mass is 16.8. The summed E-state index contributed by atoms with van der Waals surface area (Å²) in [4.78, 5) is 0. The molecule has 13 nitrogen and oxygen atoms in total. The quantitative estimate of drug-likeness (QED) is 0.115. The summed E-state index contributed by atoms with van der Waals surface area (Å²) in [5.74, 6) is 0.556. The Morgan fingerprint density at radius 2 is 1.33 bits per heavy atom. The van der Waals surface area contributed by atoms with E-state index in [-0.39, 0.29) is 39.9 Å². The van der Waals surface area contributed by atoms with Gasteiger partial charge in [0, 0.05) is 0 Å². The molecule has 316 valence electrons. The zero-order chi connectivity index (χ0) is 40.6. The molecule has 6 rings (SSSR count). The molecule has 4 aliphatic carbocycles. The smallest absolute Gasteiger partial charge is 0.187 e. The van der Waals surface area contributed by atoms with E-state index in [1.54, 1.807) is 0 Å². The average molecular weight is 783 g/mol. The standard InChI is InChI=1S/C42H70O13/c1-20(2)10-9-11-21(3)22-12-14-42(8)29(22)23(45)16-28-40(6)17-24(46)36(39(4,5)27(40)13-15-41(28,42)7)55-38-35(33(50)31(48)26(19-44)53-38)54-37-34(51)32(49)30(47)25(18-43)52-37/h10,22-38,43-51H,3,9,11-19H2,1-2,4-8H3. The first-order valence-corrected chi connectivity index (χ1v) is 20.6. The summed E-state index contributed by atoms with van der Waals surface area (Å²) >= 11 is 0. The Bertz CT molecular complexity index is 1400. The van der Waals surface area contributed by atoms with E-state index in [0.29, 0.717) is 12.8 Å². The molecule has 2 aliphatic heterocycles. The normalized spacial score (nSPS) is 52.1. The Balaban J connectivity index is 1.25. The molecule has 9 N–H and O–H groups in total. The molecular formula is C42H70O13. The third kappa shape index (κ3) is 7.12. The van der Waals surface area contributed by atoms with Crippen molar-refractivity contribution in [3.05, 3.63) is 23.8 Å². The molecule has 13 heteroatoms. The minimum atomic E-state index is -1.80. The van der Waals surface area contributed by atoms with E-state index in [0.717, 1.165) is 38.5 Å². The molecule has 6 fully saturated rings. The van der Waals surface area contributed by atoms with Crippen molar-refractivity contribution in [3.63, 3.8) is 0 Å². The number of hydrogen-bond donors (Lipinski definition) is 9. The molecule has 2 heterocycles. The van der Waals surface area contributed by atoms with Crippen molar-refractivity contribution in [2.45, 2.75) is 180 Å². The largest absolute Gasteiger partial charge is 0.394 e. The van der Waals surface area contributed by atoms with Gasteiger partial charge in [-0.25, -0.2) is 0 Å². The highest BCUT2D eigenvalue weighted by molar-refractivity contribution is 5.23. The third-order valence-corrected chi connectivity index (χ3v) is 16.1. The number of allylic oxidation sites excluding steroid dienone is 3. The van der Waals surface area contributed by atoms with Crippen molar-refractivity contribution in [2.75, 3.05) is 13.2 Å². The Kier molecular flexibility index (Phi) is 12.6. The maximum Gasteiger partial charge on any atom is 0.187 e. The molecule has 4 saturated carbocycles. The lowest BCUT2D eigenvalue weighted by atomic mass is 9.35. The fourth-order valence-electron chi connectivity index (χ4n) is 13.1. The van der Waals surface area contributed by atoms with Crippen LogP contribution in [0.1, 0.15) is 99.8 Å². The highest BCUT2D eigenvalue weighted by Gasteiger charge is 2.71. The van der Waals surface area contributed by atoms with Crippen LogP contribution in [-0.4, -0.2) is 139 Å². The number of aliphatic hydroxyl groups excluding tert-OH is 9. The monoisotopic (exact) mass is 782 g/mol. The summed E-state index contributed by atoms with van der Waals surface area (Å²) in [6, 6.07) is 0. The van der Waals surface area contributed by atoms with Crippen molar-refractivity contribution in [2.24, 2.45) is 45.3 Å². The minimum absolute atomic E-state index is 0.0487. The Hall–Kier alpha value is -1.04. The fraction of sp³-hybridized carbons (Fsp3) is 0.905. The fourth-order valence-corrected chi connectivity index (χ4v) is 13.1. The van der Waals surface area contributed by atoms with Crippen LogP contribution < -0.4 is 0 Å². The predicted molar refractivity (Wildman–Crippen MR) is 201 cm³/mol. The van der Waals surface area contributed by atoms with Crippen LogP contribution in [0.3, 0.4) is 0 Å². The summed E-state index contributed by atoms with van der Waals surface area (Å²) in [6.07, 6.45) is -9.14. The van der Waals surface area contributed by atoms with Gasteiger partial charge in [0.15, 0.2) is 12.6 Å². The van der Waals surface area contributed by atoms with Gasteiger partial charge in [0.05, 0.1) is 31.5 Å². The van der Waals surface area contributed by atoms with Crippen molar-refractivity contribution < 1.29 is 64.9 Å². The maximum atomic E-state index is 12.2. The van der Waals surface area contributed by atoms with Gasteiger partial charge in [-0.1, -0.05) is 58.4 Å². The van der Waals surface area contributed by atoms with E-state index in [4.69, 9.17) is 18.9 Å². The van der Waals surface area contributed by atoms with Gasteiger partial charge in [-0.2, -0.15) is 0 Å². The summed E-state index contributed by atoms with van der Waals surface area (Å²) < 4.78 is 24.1. The van der Waals surface area contributed by atoms with Crippen LogP contribution in [0.15, 0.2) is 23.8 Å². The molecule has 2 saturated heterocycles. The molecule has 6 aliphatic rings. The second-order valence-corrected chi connectivity index (χ2v) is 19.6. The first-order chi connectivity index (χ1) is 25.7. The molecule has 55 heavy (non-hydrogen) atoms. The molecule has 20 atom stereocenters. The van der Waals surface area contributed by atoms with Crippen molar-refractivity contribution in [1.29, 1.82) is 0 Å². The van der Waals surface area contributed by atoms with Crippen molar-refractivity contribution in [3.8, 4) is 0 Å². The first kappa shape index (κ1) is 43.5. The summed E-state index contributed by atoms with van der Waals surface area (Å²) in [5, 5.41) is 97.6. The Morgan fingerprint density at radius 1 is 0.727 bits per heavy atom. The molecule has 0 spiro atoms. The molecule has 0 bridgehead atoms. The van der Waals surface area contributed by atoms with Gasteiger partial charge < -0.3 is 64.9 Å². The van der Waals surface area contributed by atoms with Gasteiger partial charge in [0.1, 0.15) is 48.8 Å². The third-order valence-electron chi connectivity index (χ3n) is 16.1. The van der Waals surface area contributed by atoms with E-state index in [9.17, 15) is 46.0 Å².